The van der Waals surface area contributed by atoms with E-state index in [4.69, 9.17) is 4.74 Å². The van der Waals surface area contributed by atoms with Gasteiger partial charge in [0.15, 0.2) is 0 Å². The number of benzene rings is 2. The molecule has 6 nitrogen and oxygen atoms in total. The minimum Gasteiger partial charge on any atom is -0.468 e. The van der Waals surface area contributed by atoms with Crippen molar-refractivity contribution in [2.75, 3.05) is 33.8 Å². The number of hydrogen-bond acceptors (Lipinski definition) is 4. The SMILES string of the molecule is COc1nc2ccc(C3CCN(C)CC3)cc2n1C(=O)NCCCc1ccccc1. The second kappa shape index (κ2) is 9.30. The number of nitrogens with one attached hydrogen (secondary N) is 1. The third-order valence-electron chi connectivity index (χ3n) is 5.98. The average molecular weight is 407 g/mol. The Balaban J connectivity index is 1.48. The summed E-state index contributed by atoms with van der Waals surface area (Å²) in [6.07, 6.45) is 4.09. The number of likely N-dealkylation sites (tertiary alicyclic amines) is 1. The van der Waals surface area contributed by atoms with Crippen LogP contribution >= 0.6 is 0 Å². The van der Waals surface area contributed by atoms with E-state index < -0.39 is 0 Å². The van der Waals surface area contributed by atoms with Gasteiger partial charge in [0.2, 0.25) is 0 Å². The molecule has 0 radical (unpaired) electrons. The predicted molar refractivity (Wildman–Crippen MR) is 119 cm³/mol. The van der Waals surface area contributed by atoms with Gasteiger partial charge in [-0.1, -0.05) is 36.4 Å². The first kappa shape index (κ1) is 20.4. The highest BCUT2D eigenvalue weighted by Crippen LogP contribution is 2.31. The molecular formula is C24H30N4O2. The summed E-state index contributed by atoms with van der Waals surface area (Å²) in [5.74, 6) is 0.522. The maximum atomic E-state index is 13.0. The Bertz CT molecular complexity index is 991. The fourth-order valence-electron chi connectivity index (χ4n) is 4.21. The molecule has 0 spiro atoms. The lowest BCUT2D eigenvalue weighted by molar-refractivity contribution is 0.239. The normalized spacial score (nSPS) is 15.4. The molecule has 30 heavy (non-hydrogen) atoms. The van der Waals surface area contributed by atoms with Crippen LogP contribution in [0.5, 0.6) is 6.01 Å². The number of amides is 1. The second-order valence-corrected chi connectivity index (χ2v) is 8.08. The number of piperidine rings is 1. The third kappa shape index (κ3) is 4.49. The van der Waals surface area contributed by atoms with Crippen LogP contribution in [-0.4, -0.2) is 54.3 Å². The molecule has 4 rings (SSSR count). The van der Waals surface area contributed by atoms with Gasteiger partial charge in [-0.15, -0.1) is 0 Å². The molecule has 1 saturated heterocycles. The Hall–Kier alpha value is -2.86. The van der Waals surface area contributed by atoms with E-state index in [2.05, 4.69) is 46.5 Å². The van der Waals surface area contributed by atoms with E-state index in [1.165, 1.54) is 11.1 Å². The van der Waals surface area contributed by atoms with Crippen LogP contribution in [0.4, 0.5) is 4.79 Å². The fraction of sp³-hybridized carbons (Fsp3) is 0.417. The lowest BCUT2D eigenvalue weighted by Crippen LogP contribution is -2.30. The number of aryl methyl sites for hydroxylation is 1. The number of carbonyl (C=O) groups excluding carboxylic acids is 1. The van der Waals surface area contributed by atoms with E-state index in [9.17, 15) is 4.79 Å². The molecule has 1 N–H and O–H groups in total. The first-order chi connectivity index (χ1) is 14.7. The quantitative estimate of drug-likeness (QED) is 0.628. The van der Waals surface area contributed by atoms with Gasteiger partial charge in [0, 0.05) is 6.54 Å². The highest BCUT2D eigenvalue weighted by molar-refractivity contribution is 5.91. The Kier molecular flexibility index (Phi) is 6.33. The van der Waals surface area contributed by atoms with Crippen LogP contribution in [-0.2, 0) is 6.42 Å². The summed E-state index contributed by atoms with van der Waals surface area (Å²) in [5, 5.41) is 3.02. The standard InChI is InChI=1S/C24H30N4O2/c1-27-15-12-19(13-16-27)20-10-11-21-22(17-20)28(24(26-21)30-2)23(29)25-14-6-9-18-7-4-3-5-8-18/h3-5,7-8,10-11,17,19H,6,9,12-16H2,1-2H3,(H,25,29). The second-order valence-electron chi connectivity index (χ2n) is 8.08. The van der Waals surface area contributed by atoms with Gasteiger partial charge in [-0.2, -0.15) is 4.98 Å². The zero-order valence-electron chi connectivity index (χ0n) is 17.8. The highest BCUT2D eigenvalue weighted by atomic mass is 16.5. The summed E-state index contributed by atoms with van der Waals surface area (Å²) >= 11 is 0. The third-order valence-corrected chi connectivity index (χ3v) is 5.98. The van der Waals surface area contributed by atoms with Gasteiger partial charge in [0.05, 0.1) is 18.1 Å². The van der Waals surface area contributed by atoms with Gasteiger partial charge < -0.3 is 15.0 Å². The van der Waals surface area contributed by atoms with Crippen molar-refractivity contribution < 1.29 is 9.53 Å². The van der Waals surface area contributed by atoms with E-state index >= 15 is 0 Å². The van der Waals surface area contributed by atoms with E-state index in [0.717, 1.165) is 49.8 Å². The van der Waals surface area contributed by atoms with E-state index in [1.54, 1.807) is 11.7 Å². The number of imidazole rings is 1. The zero-order valence-corrected chi connectivity index (χ0v) is 17.8. The van der Waals surface area contributed by atoms with Crippen LogP contribution in [0.2, 0.25) is 0 Å². The minimum absolute atomic E-state index is 0.192. The average Bonchev–Trinajstić information content (AvgIpc) is 3.16. The monoisotopic (exact) mass is 406 g/mol. The fourth-order valence-corrected chi connectivity index (χ4v) is 4.21. The van der Waals surface area contributed by atoms with Crippen molar-refractivity contribution in [2.24, 2.45) is 0 Å². The van der Waals surface area contributed by atoms with E-state index in [0.29, 0.717) is 18.5 Å². The molecule has 6 heteroatoms. The van der Waals surface area contributed by atoms with Crippen LogP contribution in [0.3, 0.4) is 0 Å². The minimum atomic E-state index is -0.192. The summed E-state index contributed by atoms with van der Waals surface area (Å²) in [4.78, 5) is 19.8. The Morgan fingerprint density at radius 2 is 1.93 bits per heavy atom. The topological polar surface area (TPSA) is 59.4 Å². The van der Waals surface area contributed by atoms with Gasteiger partial charge in [-0.3, -0.25) is 0 Å². The zero-order chi connectivity index (χ0) is 20.9. The molecular weight excluding hydrogens is 376 g/mol. The van der Waals surface area contributed by atoms with Crippen molar-refractivity contribution in [2.45, 2.75) is 31.6 Å². The van der Waals surface area contributed by atoms with Crippen LogP contribution in [0.25, 0.3) is 11.0 Å². The number of rotatable bonds is 6. The van der Waals surface area contributed by atoms with Crippen molar-refractivity contribution in [3.8, 4) is 6.01 Å². The van der Waals surface area contributed by atoms with Gasteiger partial charge >= 0.3 is 12.0 Å². The predicted octanol–water partition coefficient (Wildman–Crippen LogP) is 4.04. The molecule has 3 aromatic rings. The van der Waals surface area contributed by atoms with E-state index in [1.807, 2.05) is 24.3 Å². The van der Waals surface area contributed by atoms with Gasteiger partial charge in [0.1, 0.15) is 0 Å². The smallest absolute Gasteiger partial charge is 0.330 e. The summed E-state index contributed by atoms with van der Waals surface area (Å²) in [6, 6.07) is 16.7. The molecule has 0 saturated carbocycles. The Morgan fingerprint density at radius 3 is 2.67 bits per heavy atom. The highest BCUT2D eigenvalue weighted by Gasteiger charge is 2.22. The van der Waals surface area contributed by atoms with Gasteiger partial charge in [-0.05, 0) is 75.0 Å². The first-order valence-corrected chi connectivity index (χ1v) is 10.7. The first-order valence-electron chi connectivity index (χ1n) is 10.7. The molecule has 1 amide bonds. The van der Waals surface area contributed by atoms with Crippen LogP contribution < -0.4 is 10.1 Å². The van der Waals surface area contributed by atoms with Crippen LogP contribution in [0, 0.1) is 0 Å². The molecule has 1 fully saturated rings. The Morgan fingerprint density at radius 1 is 1.17 bits per heavy atom. The maximum absolute atomic E-state index is 13.0. The number of aromatic nitrogens is 2. The van der Waals surface area contributed by atoms with Crippen molar-refractivity contribution in [3.05, 3.63) is 59.7 Å². The summed E-state index contributed by atoms with van der Waals surface area (Å²) < 4.78 is 6.98. The van der Waals surface area contributed by atoms with Gasteiger partial charge in [-0.25, -0.2) is 9.36 Å². The summed E-state index contributed by atoms with van der Waals surface area (Å²) in [6.45, 7) is 2.81. The van der Waals surface area contributed by atoms with Crippen LogP contribution in [0.15, 0.2) is 48.5 Å². The molecule has 0 atom stereocenters. The van der Waals surface area contributed by atoms with Crippen molar-refractivity contribution in [3.63, 3.8) is 0 Å². The number of methoxy groups -OCH3 is 1. The number of ether oxygens (including phenoxy) is 1. The maximum Gasteiger partial charge on any atom is 0.330 e. The molecule has 1 aromatic heterocycles. The van der Waals surface area contributed by atoms with Gasteiger partial charge in [0.25, 0.3) is 0 Å². The lowest BCUT2D eigenvalue weighted by Gasteiger charge is -2.29. The molecule has 0 bridgehead atoms. The molecule has 2 heterocycles. The Labute approximate surface area is 177 Å². The van der Waals surface area contributed by atoms with Crippen molar-refractivity contribution in [1.29, 1.82) is 0 Å². The number of carbonyl (C=O) groups is 1. The molecule has 2 aromatic carbocycles. The number of hydrogen-bond donors (Lipinski definition) is 1. The lowest BCUT2D eigenvalue weighted by atomic mass is 9.89. The largest absolute Gasteiger partial charge is 0.468 e. The molecule has 0 unspecified atom stereocenters. The van der Waals surface area contributed by atoms with E-state index in [-0.39, 0.29) is 6.03 Å². The molecule has 158 valence electrons. The molecule has 0 aliphatic carbocycles. The molecule has 1 aliphatic heterocycles. The number of fused-ring (bicyclic) bond motifs is 1. The van der Waals surface area contributed by atoms with Crippen molar-refractivity contribution in [1.82, 2.24) is 19.8 Å². The summed E-state index contributed by atoms with van der Waals surface area (Å²) in [5.41, 5.74) is 4.14. The van der Waals surface area contributed by atoms with Crippen LogP contribution in [0.1, 0.15) is 36.3 Å². The van der Waals surface area contributed by atoms with Crippen molar-refractivity contribution >= 4 is 17.1 Å². The summed E-state index contributed by atoms with van der Waals surface area (Å²) in [7, 11) is 3.72. The number of nitrogens with zero attached hydrogens (tertiary/aromatic N) is 3. The molecule has 1 aliphatic rings.